The van der Waals surface area contributed by atoms with Crippen molar-refractivity contribution in [1.29, 1.82) is 0 Å². The molecule has 1 aromatic carbocycles. The van der Waals surface area contributed by atoms with Crippen LogP contribution >= 0.6 is 0 Å². The zero-order valence-corrected chi connectivity index (χ0v) is 18.3. The Hall–Kier alpha value is -3.85. The van der Waals surface area contributed by atoms with Gasteiger partial charge in [0, 0.05) is 48.5 Å². The van der Waals surface area contributed by atoms with E-state index < -0.39 is 5.82 Å². The molecule has 0 saturated carbocycles. The first-order chi connectivity index (χ1) is 16.1. The number of morpholine rings is 1. The van der Waals surface area contributed by atoms with Gasteiger partial charge < -0.3 is 14.6 Å². The van der Waals surface area contributed by atoms with Crippen LogP contribution in [0.5, 0.6) is 0 Å². The summed E-state index contributed by atoms with van der Waals surface area (Å²) in [6.07, 6.45) is 3.55. The summed E-state index contributed by atoms with van der Waals surface area (Å²) < 4.78 is 22.9. The number of aromatic amines is 1. The fourth-order valence-corrected chi connectivity index (χ4v) is 4.48. The molecule has 1 saturated heterocycles. The van der Waals surface area contributed by atoms with Gasteiger partial charge in [-0.1, -0.05) is 12.1 Å². The topological polar surface area (TPSA) is 84.8 Å². The average molecular weight is 443 g/mol. The maximum absolute atomic E-state index is 15.6. The number of anilines is 1. The number of ether oxygens (including phenoxy) is 1. The molecule has 4 aromatic heterocycles. The lowest BCUT2D eigenvalue weighted by atomic mass is 10.1. The quantitative estimate of drug-likeness (QED) is 0.455. The minimum absolute atomic E-state index is 0.0453. The highest BCUT2D eigenvalue weighted by Gasteiger charge is 2.26. The van der Waals surface area contributed by atoms with Crippen LogP contribution in [0.25, 0.3) is 44.7 Å². The molecule has 1 aliphatic heterocycles. The number of fused-ring (bicyclic) bond motifs is 2. The Labute approximate surface area is 189 Å². The monoisotopic (exact) mass is 443 g/mol. The largest absolute Gasteiger partial charge is 0.377 e. The van der Waals surface area contributed by atoms with Gasteiger partial charge in [-0.25, -0.2) is 19.3 Å². The van der Waals surface area contributed by atoms with E-state index in [2.05, 4.69) is 21.9 Å². The van der Waals surface area contributed by atoms with E-state index >= 15 is 4.39 Å². The van der Waals surface area contributed by atoms with Crippen molar-refractivity contribution in [3.8, 4) is 22.8 Å². The van der Waals surface area contributed by atoms with Crippen molar-refractivity contribution in [2.75, 3.05) is 24.7 Å². The molecule has 5 aromatic rings. The van der Waals surface area contributed by atoms with Gasteiger partial charge in [0.05, 0.1) is 36.0 Å². The lowest BCUT2D eigenvalue weighted by Crippen LogP contribution is -2.44. The fraction of sp³-hybridized carbons (Fsp3) is 0.250. The first-order valence-electron chi connectivity index (χ1n) is 10.9. The van der Waals surface area contributed by atoms with Crippen LogP contribution in [-0.2, 0) is 11.8 Å². The van der Waals surface area contributed by atoms with Gasteiger partial charge in [-0.15, -0.1) is 0 Å². The van der Waals surface area contributed by atoms with Crippen LogP contribution < -0.4 is 4.90 Å². The van der Waals surface area contributed by atoms with E-state index in [4.69, 9.17) is 19.7 Å². The minimum atomic E-state index is -0.406. The summed E-state index contributed by atoms with van der Waals surface area (Å²) in [5, 5.41) is 5.51. The van der Waals surface area contributed by atoms with Crippen molar-refractivity contribution in [3.63, 3.8) is 0 Å². The summed E-state index contributed by atoms with van der Waals surface area (Å²) in [5.41, 5.74) is 3.36. The van der Waals surface area contributed by atoms with Gasteiger partial charge in [0.15, 0.2) is 11.5 Å². The summed E-state index contributed by atoms with van der Waals surface area (Å²) in [6, 6.07) is 11.2. The summed E-state index contributed by atoms with van der Waals surface area (Å²) in [7, 11) is 1.80. The van der Waals surface area contributed by atoms with E-state index in [1.54, 1.807) is 24.0 Å². The zero-order valence-electron chi connectivity index (χ0n) is 18.3. The Morgan fingerprint density at radius 2 is 2.06 bits per heavy atom. The second kappa shape index (κ2) is 7.63. The maximum Gasteiger partial charge on any atom is 0.169 e. The molecule has 1 fully saturated rings. The molecule has 0 unspecified atom stereocenters. The van der Waals surface area contributed by atoms with E-state index in [1.807, 2.05) is 30.5 Å². The third-order valence-electron chi connectivity index (χ3n) is 6.16. The Morgan fingerprint density at radius 3 is 2.88 bits per heavy atom. The zero-order chi connectivity index (χ0) is 22.5. The molecule has 5 heterocycles. The van der Waals surface area contributed by atoms with Crippen molar-refractivity contribution >= 4 is 27.8 Å². The van der Waals surface area contributed by atoms with Crippen molar-refractivity contribution in [3.05, 3.63) is 54.6 Å². The predicted octanol–water partition coefficient (Wildman–Crippen LogP) is 3.94. The van der Waals surface area contributed by atoms with E-state index in [0.29, 0.717) is 53.8 Å². The molecule has 0 spiro atoms. The molecule has 166 valence electrons. The second-order valence-corrected chi connectivity index (χ2v) is 8.26. The number of rotatable bonds is 3. The van der Waals surface area contributed by atoms with Gasteiger partial charge in [-0.3, -0.25) is 4.68 Å². The molecule has 0 radical (unpaired) electrons. The molecule has 0 aliphatic carbocycles. The van der Waals surface area contributed by atoms with Crippen LogP contribution in [0.1, 0.15) is 6.92 Å². The third-order valence-corrected chi connectivity index (χ3v) is 6.16. The minimum Gasteiger partial charge on any atom is -0.377 e. The Kier molecular flexibility index (Phi) is 4.58. The number of hydrogen-bond acceptors (Lipinski definition) is 6. The fourth-order valence-electron chi connectivity index (χ4n) is 4.48. The Balaban J connectivity index is 1.64. The van der Waals surface area contributed by atoms with Crippen molar-refractivity contribution in [2.45, 2.75) is 13.0 Å². The number of hydrogen-bond donors (Lipinski definition) is 1. The molecule has 1 N–H and O–H groups in total. The Morgan fingerprint density at radius 1 is 1.15 bits per heavy atom. The highest BCUT2D eigenvalue weighted by molar-refractivity contribution is 5.96. The van der Waals surface area contributed by atoms with Crippen LogP contribution in [0, 0.1) is 5.82 Å². The van der Waals surface area contributed by atoms with Crippen molar-refractivity contribution < 1.29 is 9.13 Å². The van der Waals surface area contributed by atoms with Crippen LogP contribution in [0.2, 0.25) is 0 Å². The lowest BCUT2D eigenvalue weighted by molar-refractivity contribution is 0.0987. The van der Waals surface area contributed by atoms with Gasteiger partial charge in [0.2, 0.25) is 0 Å². The summed E-state index contributed by atoms with van der Waals surface area (Å²) >= 11 is 0. The number of H-pyrrole nitrogens is 1. The second-order valence-electron chi connectivity index (χ2n) is 8.26. The first-order valence-corrected chi connectivity index (χ1v) is 10.9. The number of benzene rings is 1. The molecule has 9 heteroatoms. The molecule has 8 nitrogen and oxygen atoms in total. The number of halogens is 1. The molecular formula is C24H22FN7O. The molecular weight excluding hydrogens is 421 g/mol. The van der Waals surface area contributed by atoms with Gasteiger partial charge in [0.1, 0.15) is 11.6 Å². The number of aromatic nitrogens is 6. The number of nitrogens with one attached hydrogen (secondary N) is 1. The van der Waals surface area contributed by atoms with Crippen LogP contribution in [0.3, 0.4) is 0 Å². The normalized spacial score (nSPS) is 16.7. The average Bonchev–Trinajstić information content (AvgIpc) is 3.47. The molecule has 0 amide bonds. The highest BCUT2D eigenvalue weighted by atomic mass is 19.1. The smallest absolute Gasteiger partial charge is 0.169 e. The summed E-state index contributed by atoms with van der Waals surface area (Å²) in [4.78, 5) is 19.7. The van der Waals surface area contributed by atoms with Gasteiger partial charge in [0.25, 0.3) is 0 Å². The molecule has 1 atom stereocenters. The maximum atomic E-state index is 15.6. The standard InChI is InChI=1S/C24H22FN7O/c1-14-13-33-11-10-32(14)24-21-17(25)12-19(20-7-9-27-31(20)2)28-23(21)29-22(30-24)16-4-3-5-18-15(16)6-8-26-18/h3-9,12,14,26H,10-11,13H2,1-2H3/t14-/m1/s1. The Bertz CT molecular complexity index is 1490. The van der Waals surface area contributed by atoms with Gasteiger partial charge >= 0.3 is 0 Å². The van der Waals surface area contributed by atoms with E-state index in [-0.39, 0.29) is 6.04 Å². The highest BCUT2D eigenvalue weighted by Crippen LogP contribution is 2.34. The summed E-state index contributed by atoms with van der Waals surface area (Å²) in [6.45, 7) is 3.77. The summed E-state index contributed by atoms with van der Waals surface area (Å²) in [5.74, 6) is 0.645. The lowest BCUT2D eigenvalue weighted by Gasteiger charge is -2.35. The van der Waals surface area contributed by atoms with Crippen LogP contribution in [-0.4, -0.2) is 55.5 Å². The van der Waals surface area contributed by atoms with E-state index in [1.165, 1.54) is 6.07 Å². The van der Waals surface area contributed by atoms with E-state index in [0.717, 1.165) is 16.5 Å². The number of nitrogens with zero attached hydrogens (tertiary/aromatic N) is 6. The molecule has 0 bridgehead atoms. The van der Waals surface area contributed by atoms with Crippen molar-refractivity contribution in [2.24, 2.45) is 7.05 Å². The predicted molar refractivity (Wildman–Crippen MR) is 124 cm³/mol. The van der Waals surface area contributed by atoms with E-state index in [9.17, 15) is 0 Å². The SMILES string of the molecule is C[C@@H]1COCCN1c1nc(-c2cccc3[nH]ccc23)nc2nc(-c3ccnn3C)cc(F)c12. The van der Waals surface area contributed by atoms with Gasteiger partial charge in [-0.2, -0.15) is 5.10 Å². The first kappa shape index (κ1) is 19.8. The van der Waals surface area contributed by atoms with Crippen LogP contribution in [0.4, 0.5) is 10.2 Å². The number of aryl methyl sites for hydroxylation is 1. The third kappa shape index (κ3) is 3.23. The van der Waals surface area contributed by atoms with Crippen molar-refractivity contribution in [1.82, 2.24) is 29.7 Å². The molecule has 1 aliphatic rings. The molecule has 6 rings (SSSR count). The van der Waals surface area contributed by atoms with Gasteiger partial charge in [-0.05, 0) is 25.1 Å². The number of pyridine rings is 1. The molecule has 33 heavy (non-hydrogen) atoms. The van der Waals surface area contributed by atoms with Crippen LogP contribution in [0.15, 0.2) is 48.8 Å².